The summed E-state index contributed by atoms with van der Waals surface area (Å²) >= 11 is 5.92. The van der Waals surface area contributed by atoms with E-state index < -0.39 is 21.8 Å². The van der Waals surface area contributed by atoms with Crippen LogP contribution in [0.25, 0.3) is 0 Å². The molecule has 0 aliphatic carbocycles. The molecule has 0 aliphatic heterocycles. The van der Waals surface area contributed by atoms with Gasteiger partial charge < -0.3 is 11.1 Å². The molecule has 0 saturated carbocycles. The first kappa shape index (κ1) is 23.1. The standard InChI is InChI=1S/C23H20ClN3O4S/c1-2-14-27(20-12-8-18(24)9-13-20)32(30,31)21-5-3-4-17(15-21)23(29)26-19-10-6-16(7-11-19)22(25)28/h2-13,15H,1,14H2,(H2,25,28)(H,26,29). The van der Waals surface area contributed by atoms with Gasteiger partial charge in [0, 0.05) is 21.8 Å². The first-order chi connectivity index (χ1) is 15.2. The van der Waals surface area contributed by atoms with Crippen LogP contribution in [0.1, 0.15) is 20.7 Å². The third-order valence-corrected chi connectivity index (χ3v) is 6.56. The Kier molecular flexibility index (Phi) is 6.97. The van der Waals surface area contributed by atoms with Crippen molar-refractivity contribution in [1.29, 1.82) is 0 Å². The lowest BCUT2D eigenvalue weighted by atomic mass is 10.2. The van der Waals surface area contributed by atoms with Crippen LogP contribution in [0.3, 0.4) is 0 Å². The average Bonchev–Trinajstić information content (AvgIpc) is 2.78. The molecule has 0 unspecified atom stereocenters. The minimum absolute atomic E-state index is 0.0343. The minimum atomic E-state index is -3.99. The molecule has 0 aliphatic rings. The Morgan fingerprint density at radius 2 is 1.66 bits per heavy atom. The van der Waals surface area contributed by atoms with Crippen molar-refractivity contribution in [3.05, 3.63) is 102 Å². The third kappa shape index (κ3) is 5.16. The summed E-state index contributed by atoms with van der Waals surface area (Å²) in [5, 5.41) is 3.14. The van der Waals surface area contributed by atoms with Gasteiger partial charge in [-0.15, -0.1) is 6.58 Å². The first-order valence-corrected chi connectivity index (χ1v) is 11.2. The van der Waals surface area contributed by atoms with Gasteiger partial charge in [-0.3, -0.25) is 13.9 Å². The summed E-state index contributed by atoms with van der Waals surface area (Å²) in [4.78, 5) is 23.8. The van der Waals surface area contributed by atoms with E-state index in [2.05, 4.69) is 11.9 Å². The van der Waals surface area contributed by atoms with Gasteiger partial charge in [-0.1, -0.05) is 23.7 Å². The van der Waals surface area contributed by atoms with Crippen LogP contribution < -0.4 is 15.4 Å². The molecular formula is C23H20ClN3O4S. The van der Waals surface area contributed by atoms with E-state index in [-0.39, 0.29) is 17.0 Å². The smallest absolute Gasteiger partial charge is 0.264 e. The largest absolute Gasteiger partial charge is 0.366 e. The quantitative estimate of drug-likeness (QED) is 0.484. The molecule has 3 rings (SSSR count). The SMILES string of the molecule is C=CCN(c1ccc(Cl)cc1)S(=O)(=O)c1cccc(C(=O)Nc2ccc(C(N)=O)cc2)c1. The van der Waals surface area contributed by atoms with Crippen molar-refractivity contribution in [3.8, 4) is 0 Å². The number of anilines is 2. The summed E-state index contributed by atoms with van der Waals surface area (Å²) in [6.07, 6.45) is 1.47. The van der Waals surface area contributed by atoms with Gasteiger partial charge in [0.05, 0.1) is 17.1 Å². The zero-order chi connectivity index (χ0) is 23.3. The molecule has 0 fully saturated rings. The fraction of sp³-hybridized carbons (Fsp3) is 0.0435. The molecule has 9 heteroatoms. The van der Waals surface area contributed by atoms with Gasteiger partial charge in [0.2, 0.25) is 5.91 Å². The molecule has 0 aromatic heterocycles. The van der Waals surface area contributed by atoms with Gasteiger partial charge in [-0.25, -0.2) is 8.42 Å². The monoisotopic (exact) mass is 469 g/mol. The highest BCUT2D eigenvalue weighted by atomic mass is 35.5. The highest BCUT2D eigenvalue weighted by molar-refractivity contribution is 7.92. The number of halogens is 1. The summed E-state index contributed by atoms with van der Waals surface area (Å²) in [7, 11) is -3.99. The van der Waals surface area contributed by atoms with Crippen LogP contribution in [0.4, 0.5) is 11.4 Å². The number of carbonyl (C=O) groups is 2. The van der Waals surface area contributed by atoms with Gasteiger partial charge in [0.15, 0.2) is 0 Å². The van der Waals surface area contributed by atoms with Crippen LogP contribution in [0.15, 0.2) is 90.3 Å². The van der Waals surface area contributed by atoms with Crippen molar-refractivity contribution in [3.63, 3.8) is 0 Å². The molecule has 0 spiro atoms. The number of sulfonamides is 1. The van der Waals surface area contributed by atoms with Gasteiger partial charge in [-0.05, 0) is 66.7 Å². The van der Waals surface area contributed by atoms with Crippen LogP contribution in [-0.2, 0) is 10.0 Å². The zero-order valence-electron chi connectivity index (χ0n) is 16.9. The Balaban J connectivity index is 1.88. The maximum Gasteiger partial charge on any atom is 0.264 e. The van der Waals surface area contributed by atoms with Crippen molar-refractivity contribution in [2.75, 3.05) is 16.2 Å². The third-order valence-electron chi connectivity index (χ3n) is 4.52. The first-order valence-electron chi connectivity index (χ1n) is 9.43. The van der Waals surface area contributed by atoms with E-state index in [9.17, 15) is 18.0 Å². The van der Waals surface area contributed by atoms with Crippen LogP contribution in [0, 0.1) is 0 Å². The Morgan fingerprint density at radius 1 is 1.00 bits per heavy atom. The average molecular weight is 470 g/mol. The highest BCUT2D eigenvalue weighted by Gasteiger charge is 2.25. The Labute approximate surface area is 191 Å². The summed E-state index contributed by atoms with van der Waals surface area (Å²) in [6.45, 7) is 3.67. The molecule has 164 valence electrons. The second-order valence-corrected chi connectivity index (χ2v) is 9.02. The molecule has 32 heavy (non-hydrogen) atoms. The number of rotatable bonds is 8. The lowest BCUT2D eigenvalue weighted by Crippen LogP contribution is -2.31. The van der Waals surface area contributed by atoms with E-state index in [1.165, 1.54) is 58.9 Å². The number of nitrogens with one attached hydrogen (secondary N) is 1. The molecule has 0 saturated heterocycles. The molecule has 3 aromatic carbocycles. The maximum atomic E-state index is 13.3. The van der Waals surface area contributed by atoms with E-state index >= 15 is 0 Å². The zero-order valence-corrected chi connectivity index (χ0v) is 18.4. The van der Waals surface area contributed by atoms with Gasteiger partial charge in [-0.2, -0.15) is 0 Å². The van der Waals surface area contributed by atoms with E-state index in [1.807, 2.05) is 0 Å². The number of nitrogens with zero attached hydrogens (tertiary/aromatic N) is 1. The van der Waals surface area contributed by atoms with Crippen molar-refractivity contribution >= 4 is 44.8 Å². The van der Waals surface area contributed by atoms with Crippen LogP contribution in [0.5, 0.6) is 0 Å². The topological polar surface area (TPSA) is 110 Å². The number of nitrogens with two attached hydrogens (primary N) is 1. The predicted molar refractivity (Wildman–Crippen MR) is 126 cm³/mol. The molecule has 7 nitrogen and oxygen atoms in total. The van der Waals surface area contributed by atoms with Crippen molar-refractivity contribution < 1.29 is 18.0 Å². The van der Waals surface area contributed by atoms with Crippen molar-refractivity contribution in [2.24, 2.45) is 5.73 Å². The lowest BCUT2D eigenvalue weighted by Gasteiger charge is -2.23. The van der Waals surface area contributed by atoms with Crippen molar-refractivity contribution in [1.82, 2.24) is 0 Å². The second-order valence-electron chi connectivity index (χ2n) is 6.72. The fourth-order valence-corrected chi connectivity index (χ4v) is 4.52. The molecule has 0 atom stereocenters. The minimum Gasteiger partial charge on any atom is -0.366 e. The molecule has 0 heterocycles. The van der Waals surface area contributed by atoms with Gasteiger partial charge in [0.1, 0.15) is 0 Å². The van der Waals surface area contributed by atoms with Gasteiger partial charge in [0.25, 0.3) is 15.9 Å². The molecule has 2 amide bonds. The summed E-state index contributed by atoms with van der Waals surface area (Å²) < 4.78 is 27.8. The second kappa shape index (κ2) is 9.67. The molecule has 3 N–H and O–H groups in total. The van der Waals surface area contributed by atoms with E-state index in [0.717, 1.165) is 0 Å². The summed E-state index contributed by atoms with van der Waals surface area (Å²) in [5.74, 6) is -1.08. The molecular weight excluding hydrogens is 450 g/mol. The number of amides is 2. The molecule has 0 bridgehead atoms. The number of hydrogen-bond donors (Lipinski definition) is 2. The number of hydrogen-bond acceptors (Lipinski definition) is 4. The lowest BCUT2D eigenvalue weighted by molar-refractivity contribution is 0.0998. The van der Waals surface area contributed by atoms with E-state index in [0.29, 0.717) is 22.0 Å². The van der Waals surface area contributed by atoms with Gasteiger partial charge >= 0.3 is 0 Å². The number of carbonyl (C=O) groups excluding carboxylic acids is 2. The fourth-order valence-electron chi connectivity index (χ4n) is 2.91. The summed E-state index contributed by atoms with van der Waals surface area (Å²) in [6, 6.07) is 18.1. The van der Waals surface area contributed by atoms with Crippen LogP contribution >= 0.6 is 11.6 Å². The number of benzene rings is 3. The number of primary amides is 1. The predicted octanol–water partition coefficient (Wildman–Crippen LogP) is 4.07. The molecule has 3 aromatic rings. The Morgan fingerprint density at radius 3 is 2.25 bits per heavy atom. The van der Waals surface area contributed by atoms with Crippen molar-refractivity contribution in [2.45, 2.75) is 4.90 Å². The van der Waals surface area contributed by atoms with Crippen LogP contribution in [-0.4, -0.2) is 26.8 Å². The van der Waals surface area contributed by atoms with Crippen LogP contribution in [0.2, 0.25) is 5.02 Å². The maximum absolute atomic E-state index is 13.3. The van der Waals surface area contributed by atoms with E-state index in [1.54, 1.807) is 24.3 Å². The Bertz CT molecular complexity index is 1260. The normalized spacial score (nSPS) is 10.9. The summed E-state index contributed by atoms with van der Waals surface area (Å²) in [5.41, 5.74) is 6.52. The Hall–Kier alpha value is -3.62. The molecule has 0 radical (unpaired) electrons. The van der Waals surface area contributed by atoms with E-state index in [4.69, 9.17) is 17.3 Å². The highest BCUT2D eigenvalue weighted by Crippen LogP contribution is 2.26.